The number of halogens is 2. The Kier molecular flexibility index (Phi) is 3.01. The Morgan fingerprint density at radius 1 is 1.46 bits per heavy atom. The molecule has 0 saturated carbocycles. The van der Waals surface area contributed by atoms with Crippen LogP contribution >= 0.6 is 11.6 Å². The fourth-order valence-corrected chi connectivity index (χ4v) is 0.982. The minimum atomic E-state index is -2.71. The van der Waals surface area contributed by atoms with Crippen LogP contribution in [0.1, 0.15) is 10.4 Å². The molecule has 0 spiro atoms. The van der Waals surface area contributed by atoms with E-state index in [9.17, 15) is 9.18 Å². The third-order valence-corrected chi connectivity index (χ3v) is 1.86. The van der Waals surface area contributed by atoms with Crippen molar-refractivity contribution < 1.29 is 14.3 Å². The van der Waals surface area contributed by atoms with Crippen molar-refractivity contribution in [3.05, 3.63) is 35.9 Å². The third-order valence-electron chi connectivity index (χ3n) is 1.57. The third kappa shape index (κ3) is 2.26. The number of benzene rings is 1. The first-order chi connectivity index (χ1) is 6.08. The lowest BCUT2D eigenvalue weighted by Gasteiger charge is -2.12. The van der Waals surface area contributed by atoms with E-state index in [1.54, 1.807) is 18.2 Å². The molecule has 70 valence electrons. The Labute approximate surface area is 80.0 Å². The van der Waals surface area contributed by atoms with Crippen molar-refractivity contribution >= 4 is 17.4 Å². The molecule has 4 heteroatoms. The van der Waals surface area contributed by atoms with Crippen LogP contribution in [0.15, 0.2) is 30.3 Å². The van der Waals surface area contributed by atoms with Gasteiger partial charge in [-0.3, -0.25) is 4.79 Å². The molecular formula is C9H8ClFO2. The Morgan fingerprint density at radius 3 is 2.46 bits per heavy atom. The van der Waals surface area contributed by atoms with Crippen molar-refractivity contribution in [2.45, 2.75) is 5.13 Å². The van der Waals surface area contributed by atoms with Gasteiger partial charge in [-0.15, -0.1) is 0 Å². The molecule has 1 rings (SSSR count). The Bertz CT molecular complexity index is 298. The normalized spacial score (nSPS) is 15.0. The highest BCUT2D eigenvalue weighted by atomic mass is 35.5. The van der Waals surface area contributed by atoms with Crippen molar-refractivity contribution in [1.82, 2.24) is 0 Å². The lowest BCUT2D eigenvalue weighted by Crippen LogP contribution is -2.31. The molecule has 1 aromatic carbocycles. The summed E-state index contributed by atoms with van der Waals surface area (Å²) in [7, 11) is 0. The number of ketones is 1. The molecule has 0 aliphatic heterocycles. The minimum Gasteiger partial charge on any atom is -0.391 e. The number of hydrogen-bond donors (Lipinski definition) is 1. The molecule has 0 bridgehead atoms. The van der Waals surface area contributed by atoms with Gasteiger partial charge in [0.15, 0.2) is 0 Å². The molecule has 2 nitrogen and oxygen atoms in total. The van der Waals surface area contributed by atoms with Gasteiger partial charge in [-0.25, -0.2) is 4.39 Å². The van der Waals surface area contributed by atoms with Gasteiger partial charge >= 0.3 is 0 Å². The van der Waals surface area contributed by atoms with E-state index in [1.807, 2.05) is 0 Å². The lowest BCUT2D eigenvalue weighted by atomic mass is 10.1. The molecule has 13 heavy (non-hydrogen) atoms. The summed E-state index contributed by atoms with van der Waals surface area (Å²) < 4.78 is 13.1. The summed E-state index contributed by atoms with van der Waals surface area (Å²) in [6.45, 7) is -1.03. The van der Waals surface area contributed by atoms with Gasteiger partial charge in [0.1, 0.15) is 0 Å². The van der Waals surface area contributed by atoms with Gasteiger partial charge in [0, 0.05) is 5.56 Å². The van der Waals surface area contributed by atoms with Gasteiger partial charge in [0.05, 0.1) is 6.61 Å². The van der Waals surface area contributed by atoms with Gasteiger partial charge in [-0.05, 0) is 0 Å². The number of aliphatic hydroxyl groups excluding tert-OH is 1. The van der Waals surface area contributed by atoms with Gasteiger partial charge in [-0.1, -0.05) is 41.9 Å². The standard InChI is InChI=1S/C9H8ClFO2/c10-9(11,6-12)8(13)7-4-2-1-3-5-7/h1-5,12H,6H2. The molecular weight excluding hydrogens is 195 g/mol. The number of carbonyl (C=O) groups excluding carboxylic acids is 1. The first-order valence-corrected chi connectivity index (χ1v) is 4.04. The summed E-state index contributed by atoms with van der Waals surface area (Å²) in [5.74, 6) is -0.919. The van der Waals surface area contributed by atoms with Crippen LogP contribution in [0.3, 0.4) is 0 Å². The van der Waals surface area contributed by atoms with Crippen LogP contribution in [0, 0.1) is 0 Å². The maximum absolute atomic E-state index is 13.1. The predicted octanol–water partition coefficient (Wildman–Crippen LogP) is 1.77. The second-order valence-corrected chi connectivity index (χ2v) is 3.16. The second-order valence-electron chi connectivity index (χ2n) is 2.56. The van der Waals surface area contributed by atoms with Crippen molar-refractivity contribution in [2.75, 3.05) is 6.61 Å². The molecule has 0 amide bonds. The minimum absolute atomic E-state index is 0.147. The van der Waals surface area contributed by atoms with Gasteiger partial charge < -0.3 is 5.11 Å². The number of rotatable bonds is 3. The lowest BCUT2D eigenvalue weighted by molar-refractivity contribution is 0.0715. The summed E-state index contributed by atoms with van der Waals surface area (Å²) in [4.78, 5) is 11.2. The largest absolute Gasteiger partial charge is 0.391 e. The smallest absolute Gasteiger partial charge is 0.268 e. The highest BCUT2D eigenvalue weighted by molar-refractivity contribution is 6.36. The first-order valence-electron chi connectivity index (χ1n) is 3.66. The summed E-state index contributed by atoms with van der Waals surface area (Å²) in [6, 6.07) is 7.77. The monoisotopic (exact) mass is 202 g/mol. The molecule has 0 aliphatic rings. The zero-order valence-corrected chi connectivity index (χ0v) is 7.46. The van der Waals surface area contributed by atoms with Crippen LogP contribution in [0.4, 0.5) is 4.39 Å². The number of alkyl halides is 2. The summed E-state index contributed by atoms with van der Waals surface area (Å²) in [5.41, 5.74) is 0.147. The molecule has 0 heterocycles. The van der Waals surface area contributed by atoms with E-state index < -0.39 is 17.5 Å². The molecule has 0 fully saturated rings. The molecule has 1 unspecified atom stereocenters. The molecule has 1 aromatic rings. The SMILES string of the molecule is O=C(c1ccccc1)C(F)(Cl)CO. The summed E-state index contributed by atoms with van der Waals surface area (Å²) in [6.07, 6.45) is 0. The maximum Gasteiger partial charge on any atom is 0.268 e. The molecule has 1 atom stereocenters. The molecule has 0 aromatic heterocycles. The average molecular weight is 203 g/mol. The van der Waals surface area contributed by atoms with Crippen LogP contribution in [-0.4, -0.2) is 22.6 Å². The predicted molar refractivity (Wildman–Crippen MR) is 47.6 cm³/mol. The van der Waals surface area contributed by atoms with E-state index in [2.05, 4.69) is 0 Å². The van der Waals surface area contributed by atoms with E-state index in [4.69, 9.17) is 16.7 Å². The van der Waals surface area contributed by atoms with Crippen molar-refractivity contribution in [3.63, 3.8) is 0 Å². The average Bonchev–Trinajstić information content (AvgIpc) is 2.18. The Morgan fingerprint density at radius 2 is 2.00 bits per heavy atom. The van der Waals surface area contributed by atoms with E-state index in [-0.39, 0.29) is 5.56 Å². The zero-order chi connectivity index (χ0) is 9.90. The fraction of sp³-hybridized carbons (Fsp3) is 0.222. The van der Waals surface area contributed by atoms with E-state index >= 15 is 0 Å². The summed E-state index contributed by atoms with van der Waals surface area (Å²) in [5, 5.41) is 5.79. The second kappa shape index (κ2) is 3.85. The fourth-order valence-electron chi connectivity index (χ4n) is 0.873. The maximum atomic E-state index is 13.1. The Hall–Kier alpha value is -0.930. The highest BCUT2D eigenvalue weighted by Gasteiger charge is 2.35. The van der Waals surface area contributed by atoms with Crippen LogP contribution in [0.5, 0.6) is 0 Å². The van der Waals surface area contributed by atoms with Gasteiger partial charge in [0.2, 0.25) is 5.78 Å². The number of carbonyl (C=O) groups is 1. The quantitative estimate of drug-likeness (QED) is 0.599. The van der Waals surface area contributed by atoms with Crippen LogP contribution in [-0.2, 0) is 0 Å². The van der Waals surface area contributed by atoms with Crippen LogP contribution in [0.2, 0.25) is 0 Å². The molecule has 1 N–H and O–H groups in total. The molecule has 0 saturated heterocycles. The first kappa shape index (κ1) is 10.2. The van der Waals surface area contributed by atoms with Crippen LogP contribution in [0.25, 0.3) is 0 Å². The number of hydrogen-bond acceptors (Lipinski definition) is 2. The van der Waals surface area contributed by atoms with Gasteiger partial charge in [-0.2, -0.15) is 0 Å². The molecule has 0 radical (unpaired) electrons. The Balaban J connectivity index is 2.93. The number of Topliss-reactive ketones (excluding diaryl/α,β-unsaturated/α-hetero) is 1. The number of aliphatic hydroxyl groups is 1. The van der Waals surface area contributed by atoms with Crippen molar-refractivity contribution in [2.24, 2.45) is 0 Å². The zero-order valence-electron chi connectivity index (χ0n) is 6.71. The van der Waals surface area contributed by atoms with Crippen molar-refractivity contribution in [1.29, 1.82) is 0 Å². The molecule has 0 aliphatic carbocycles. The van der Waals surface area contributed by atoms with Gasteiger partial charge in [0.25, 0.3) is 5.13 Å². The topological polar surface area (TPSA) is 37.3 Å². The van der Waals surface area contributed by atoms with E-state index in [0.717, 1.165) is 0 Å². The highest BCUT2D eigenvalue weighted by Crippen LogP contribution is 2.21. The van der Waals surface area contributed by atoms with E-state index in [1.165, 1.54) is 12.1 Å². The van der Waals surface area contributed by atoms with E-state index in [0.29, 0.717) is 0 Å². The van der Waals surface area contributed by atoms with Crippen LogP contribution < -0.4 is 0 Å². The summed E-state index contributed by atoms with van der Waals surface area (Å²) >= 11 is 5.14. The van der Waals surface area contributed by atoms with Crippen molar-refractivity contribution in [3.8, 4) is 0 Å².